The van der Waals surface area contributed by atoms with Gasteiger partial charge >= 0.3 is 0 Å². The lowest BCUT2D eigenvalue weighted by Crippen LogP contribution is -2.33. The van der Waals surface area contributed by atoms with Crippen molar-refractivity contribution in [3.8, 4) is 0 Å². The molecule has 2 aromatic heterocycles. The Kier molecular flexibility index (Phi) is 3.88. The number of halogens is 1. The number of hydrogen-bond donors (Lipinski definition) is 1. The van der Waals surface area contributed by atoms with E-state index < -0.39 is 11.5 Å². The van der Waals surface area contributed by atoms with Crippen LogP contribution >= 0.6 is 11.6 Å². The summed E-state index contributed by atoms with van der Waals surface area (Å²) in [5.74, 6) is -0.455. The molecule has 0 spiro atoms. The Hall–Kier alpha value is -2.67. The van der Waals surface area contributed by atoms with Crippen molar-refractivity contribution in [3.63, 3.8) is 0 Å². The van der Waals surface area contributed by atoms with E-state index in [0.29, 0.717) is 21.6 Å². The Morgan fingerprint density at radius 3 is 2.71 bits per heavy atom. The summed E-state index contributed by atoms with van der Waals surface area (Å²) in [6.07, 6.45) is 2.73. The number of carbonyl (C=O) groups excluding carboxylic acids is 1. The minimum Gasteiger partial charge on any atom is -0.267 e. The van der Waals surface area contributed by atoms with Crippen molar-refractivity contribution in [1.29, 1.82) is 0 Å². The molecular weight excluding hydrogens is 330 g/mol. The lowest BCUT2D eigenvalue weighted by Gasteiger charge is -2.19. The van der Waals surface area contributed by atoms with Gasteiger partial charge in [-0.1, -0.05) is 17.7 Å². The van der Waals surface area contributed by atoms with Crippen LogP contribution in [0.25, 0.3) is 11.0 Å². The second-order valence-corrected chi connectivity index (χ2v) is 6.77. The first-order chi connectivity index (χ1) is 11.3. The SMILES string of the molecule is CC(C)(C)n1ncc2c(=O)n(NC(=O)c3cccc(Cl)c3)cnc21. The van der Waals surface area contributed by atoms with Gasteiger partial charge in [-0.15, -0.1) is 0 Å². The predicted octanol–water partition coefficient (Wildman–Crippen LogP) is 2.39. The second kappa shape index (κ2) is 5.76. The van der Waals surface area contributed by atoms with Crippen LogP contribution in [0.2, 0.25) is 5.02 Å². The van der Waals surface area contributed by atoms with E-state index in [1.54, 1.807) is 22.9 Å². The third-order valence-electron chi connectivity index (χ3n) is 3.43. The fourth-order valence-corrected chi connectivity index (χ4v) is 2.48. The quantitative estimate of drug-likeness (QED) is 0.773. The van der Waals surface area contributed by atoms with Crippen LogP contribution in [0.1, 0.15) is 31.1 Å². The van der Waals surface area contributed by atoms with Gasteiger partial charge in [0.2, 0.25) is 0 Å². The normalized spacial score (nSPS) is 11.7. The number of carbonyl (C=O) groups is 1. The minimum atomic E-state index is -0.455. The number of amides is 1. The Bertz CT molecular complexity index is 984. The molecule has 0 aliphatic heterocycles. The summed E-state index contributed by atoms with van der Waals surface area (Å²) in [5.41, 5.74) is 2.62. The van der Waals surface area contributed by atoms with Gasteiger partial charge in [0.15, 0.2) is 5.65 Å². The fourth-order valence-electron chi connectivity index (χ4n) is 2.29. The topological polar surface area (TPSA) is 81.8 Å². The van der Waals surface area contributed by atoms with Crippen molar-refractivity contribution in [3.05, 3.63) is 57.7 Å². The first kappa shape index (κ1) is 16.2. The third-order valence-corrected chi connectivity index (χ3v) is 3.67. The molecule has 1 N–H and O–H groups in total. The van der Waals surface area contributed by atoms with Crippen molar-refractivity contribution < 1.29 is 4.79 Å². The molecule has 1 aromatic carbocycles. The number of fused-ring (bicyclic) bond motifs is 1. The van der Waals surface area contributed by atoms with Crippen LogP contribution in [-0.2, 0) is 5.54 Å². The van der Waals surface area contributed by atoms with Gasteiger partial charge < -0.3 is 0 Å². The molecule has 0 saturated heterocycles. The standard InChI is InChI=1S/C16H16ClN5O2/c1-16(2,3)22-13-12(8-19-22)15(24)21(9-18-13)20-14(23)10-5-4-6-11(17)7-10/h4-9H,1-3H3,(H,20,23). The van der Waals surface area contributed by atoms with E-state index in [1.807, 2.05) is 20.8 Å². The summed E-state index contributed by atoms with van der Waals surface area (Å²) in [6.45, 7) is 5.90. The van der Waals surface area contributed by atoms with Crippen LogP contribution in [0, 0.1) is 0 Å². The highest BCUT2D eigenvalue weighted by atomic mass is 35.5. The molecule has 3 rings (SSSR count). The van der Waals surface area contributed by atoms with Gasteiger partial charge in [-0.3, -0.25) is 15.0 Å². The average Bonchev–Trinajstić information content (AvgIpc) is 2.95. The highest BCUT2D eigenvalue weighted by molar-refractivity contribution is 6.31. The van der Waals surface area contributed by atoms with Crippen LogP contribution in [0.15, 0.2) is 41.6 Å². The highest BCUT2D eigenvalue weighted by Gasteiger charge is 2.20. The maximum absolute atomic E-state index is 12.5. The fraction of sp³-hybridized carbons (Fsp3) is 0.250. The second-order valence-electron chi connectivity index (χ2n) is 6.34. The lowest BCUT2D eigenvalue weighted by atomic mass is 10.1. The van der Waals surface area contributed by atoms with Crippen LogP contribution in [-0.4, -0.2) is 25.3 Å². The van der Waals surface area contributed by atoms with Crippen molar-refractivity contribution in [2.24, 2.45) is 0 Å². The molecule has 0 fully saturated rings. The summed E-state index contributed by atoms with van der Waals surface area (Å²) in [4.78, 5) is 29.0. The number of benzene rings is 1. The van der Waals surface area contributed by atoms with E-state index in [2.05, 4.69) is 15.5 Å². The first-order valence-corrected chi connectivity index (χ1v) is 7.68. The summed E-state index contributed by atoms with van der Waals surface area (Å²) in [5, 5.41) is 5.00. The van der Waals surface area contributed by atoms with Gasteiger partial charge in [0.25, 0.3) is 11.5 Å². The molecular formula is C16H16ClN5O2. The summed E-state index contributed by atoms with van der Waals surface area (Å²) < 4.78 is 2.72. The van der Waals surface area contributed by atoms with Crippen LogP contribution < -0.4 is 11.0 Å². The molecule has 3 aromatic rings. The molecule has 0 bridgehead atoms. The minimum absolute atomic E-state index is 0.308. The molecule has 0 radical (unpaired) electrons. The molecule has 1 amide bonds. The maximum Gasteiger partial charge on any atom is 0.283 e. The van der Waals surface area contributed by atoms with E-state index in [4.69, 9.17) is 11.6 Å². The molecule has 7 nitrogen and oxygen atoms in total. The van der Waals surface area contributed by atoms with Crippen molar-refractivity contribution in [2.75, 3.05) is 5.43 Å². The van der Waals surface area contributed by atoms with E-state index >= 15 is 0 Å². The summed E-state index contributed by atoms with van der Waals surface area (Å²) in [7, 11) is 0. The Morgan fingerprint density at radius 2 is 2.04 bits per heavy atom. The predicted molar refractivity (Wildman–Crippen MR) is 91.9 cm³/mol. The number of rotatable bonds is 2. The first-order valence-electron chi connectivity index (χ1n) is 7.30. The monoisotopic (exact) mass is 345 g/mol. The smallest absolute Gasteiger partial charge is 0.267 e. The van der Waals surface area contributed by atoms with Gasteiger partial charge in [0.1, 0.15) is 11.7 Å². The molecule has 0 aliphatic rings. The number of nitrogens with one attached hydrogen (secondary N) is 1. The molecule has 24 heavy (non-hydrogen) atoms. The van der Waals surface area contributed by atoms with E-state index in [0.717, 1.165) is 4.68 Å². The summed E-state index contributed by atoms with van der Waals surface area (Å²) >= 11 is 5.87. The molecule has 0 aliphatic carbocycles. The summed E-state index contributed by atoms with van der Waals surface area (Å²) in [6, 6.07) is 6.45. The van der Waals surface area contributed by atoms with E-state index in [1.165, 1.54) is 18.6 Å². The Morgan fingerprint density at radius 1 is 1.29 bits per heavy atom. The van der Waals surface area contributed by atoms with Gasteiger partial charge in [0.05, 0.1) is 11.7 Å². The number of aromatic nitrogens is 4. The van der Waals surface area contributed by atoms with E-state index in [9.17, 15) is 9.59 Å². The van der Waals surface area contributed by atoms with Crippen molar-refractivity contribution >= 4 is 28.5 Å². The lowest BCUT2D eigenvalue weighted by molar-refractivity contribution is 0.101. The maximum atomic E-state index is 12.5. The highest BCUT2D eigenvalue weighted by Crippen LogP contribution is 2.17. The van der Waals surface area contributed by atoms with Crippen molar-refractivity contribution in [2.45, 2.75) is 26.3 Å². The van der Waals surface area contributed by atoms with Gasteiger partial charge in [-0.25, -0.2) is 14.3 Å². The number of nitrogens with zero attached hydrogens (tertiary/aromatic N) is 4. The molecule has 124 valence electrons. The molecule has 8 heteroatoms. The Labute approximate surface area is 142 Å². The van der Waals surface area contributed by atoms with Gasteiger partial charge in [-0.2, -0.15) is 5.10 Å². The van der Waals surface area contributed by atoms with Crippen LogP contribution in [0.3, 0.4) is 0 Å². The molecule has 2 heterocycles. The van der Waals surface area contributed by atoms with Gasteiger partial charge in [-0.05, 0) is 39.0 Å². The zero-order valence-corrected chi connectivity index (χ0v) is 14.2. The van der Waals surface area contributed by atoms with Crippen LogP contribution in [0.5, 0.6) is 0 Å². The average molecular weight is 346 g/mol. The van der Waals surface area contributed by atoms with Crippen LogP contribution in [0.4, 0.5) is 0 Å². The molecule has 0 atom stereocenters. The zero-order valence-electron chi connectivity index (χ0n) is 13.4. The largest absolute Gasteiger partial charge is 0.283 e. The third kappa shape index (κ3) is 2.90. The zero-order chi connectivity index (χ0) is 17.5. The van der Waals surface area contributed by atoms with Gasteiger partial charge in [0, 0.05) is 10.6 Å². The van der Waals surface area contributed by atoms with Crippen molar-refractivity contribution in [1.82, 2.24) is 19.4 Å². The van der Waals surface area contributed by atoms with E-state index in [-0.39, 0.29) is 5.54 Å². The Balaban J connectivity index is 1.98. The molecule has 0 unspecified atom stereocenters. The number of hydrogen-bond acceptors (Lipinski definition) is 4. The molecule has 0 saturated carbocycles.